The van der Waals surface area contributed by atoms with Crippen LogP contribution in [0.2, 0.25) is 0 Å². The van der Waals surface area contributed by atoms with Gasteiger partial charge in [-0.1, -0.05) is 26.2 Å². The zero-order chi connectivity index (χ0) is 14.4. The van der Waals surface area contributed by atoms with Gasteiger partial charge in [-0.3, -0.25) is 4.90 Å². The molecule has 0 radical (unpaired) electrons. The summed E-state index contributed by atoms with van der Waals surface area (Å²) in [6, 6.07) is 7.23. The van der Waals surface area contributed by atoms with E-state index in [4.69, 9.17) is 9.84 Å². The van der Waals surface area contributed by atoms with Gasteiger partial charge in [-0.25, -0.2) is 4.79 Å². The number of hydrogen-bond donors (Lipinski definition) is 1. The highest BCUT2D eigenvalue weighted by Gasteiger charge is 2.19. The molecule has 0 saturated heterocycles. The van der Waals surface area contributed by atoms with E-state index in [1.807, 2.05) is 0 Å². The molecule has 0 heterocycles. The monoisotopic (exact) mass is 277 g/mol. The standard InChI is InChI=1S/C16H23NO3/c1-2-17(14-6-4-3-5-7-14)12-20-15-10-8-13(9-11-15)16(18)19/h8-11,14H,2-7,12H2,1H3,(H,18,19). The second-order valence-electron chi connectivity index (χ2n) is 5.30. The van der Waals surface area contributed by atoms with Crippen LogP contribution in [-0.4, -0.2) is 35.3 Å². The Kier molecular flexibility index (Phi) is 5.41. The van der Waals surface area contributed by atoms with Crippen LogP contribution in [0.15, 0.2) is 24.3 Å². The minimum Gasteiger partial charge on any atom is -0.478 e. The Morgan fingerprint density at radius 2 is 1.90 bits per heavy atom. The molecule has 110 valence electrons. The summed E-state index contributed by atoms with van der Waals surface area (Å²) in [6.45, 7) is 3.72. The maximum absolute atomic E-state index is 10.8. The van der Waals surface area contributed by atoms with Crippen molar-refractivity contribution in [2.45, 2.75) is 45.1 Å². The quantitative estimate of drug-likeness (QED) is 0.810. The molecule has 20 heavy (non-hydrogen) atoms. The molecule has 1 aliphatic rings. The van der Waals surface area contributed by atoms with Gasteiger partial charge in [0.25, 0.3) is 0 Å². The highest BCUT2D eigenvalue weighted by atomic mass is 16.5. The van der Waals surface area contributed by atoms with Gasteiger partial charge in [0.05, 0.1) is 5.56 Å². The first kappa shape index (κ1) is 14.9. The van der Waals surface area contributed by atoms with Crippen LogP contribution in [0.4, 0.5) is 0 Å². The fraction of sp³-hybridized carbons (Fsp3) is 0.562. The third-order valence-corrected chi connectivity index (χ3v) is 4.00. The fourth-order valence-electron chi connectivity index (χ4n) is 2.75. The molecule has 0 bridgehead atoms. The summed E-state index contributed by atoms with van der Waals surface area (Å²) in [5.74, 6) is -0.182. The van der Waals surface area contributed by atoms with E-state index in [9.17, 15) is 4.79 Å². The first-order valence-corrected chi connectivity index (χ1v) is 7.41. The Labute approximate surface area is 120 Å². The molecule has 0 aromatic heterocycles. The number of nitrogens with zero attached hydrogens (tertiary/aromatic N) is 1. The number of carbonyl (C=O) groups is 1. The van der Waals surface area contributed by atoms with Crippen LogP contribution >= 0.6 is 0 Å². The van der Waals surface area contributed by atoms with Crippen molar-refractivity contribution in [2.75, 3.05) is 13.3 Å². The van der Waals surface area contributed by atoms with E-state index < -0.39 is 5.97 Å². The van der Waals surface area contributed by atoms with E-state index >= 15 is 0 Å². The van der Waals surface area contributed by atoms with Gasteiger partial charge in [0.15, 0.2) is 0 Å². The van der Waals surface area contributed by atoms with Crippen LogP contribution in [0.1, 0.15) is 49.4 Å². The summed E-state index contributed by atoms with van der Waals surface area (Å²) in [5.41, 5.74) is 0.289. The van der Waals surface area contributed by atoms with E-state index in [0.29, 0.717) is 12.8 Å². The number of carboxylic acid groups (broad SMARTS) is 1. The Balaban J connectivity index is 1.87. The van der Waals surface area contributed by atoms with Crippen molar-refractivity contribution >= 4 is 5.97 Å². The molecule has 4 heteroatoms. The maximum Gasteiger partial charge on any atom is 0.335 e. The van der Waals surface area contributed by atoms with E-state index in [2.05, 4.69) is 11.8 Å². The van der Waals surface area contributed by atoms with Crippen LogP contribution in [0.25, 0.3) is 0 Å². The lowest BCUT2D eigenvalue weighted by molar-refractivity contribution is 0.0693. The minimum absolute atomic E-state index is 0.289. The Hall–Kier alpha value is -1.55. The molecular weight excluding hydrogens is 254 g/mol. The summed E-state index contributed by atoms with van der Waals surface area (Å²) in [5, 5.41) is 8.85. The summed E-state index contributed by atoms with van der Waals surface area (Å²) in [7, 11) is 0. The van der Waals surface area contributed by atoms with Crippen LogP contribution in [0.3, 0.4) is 0 Å². The normalized spacial score (nSPS) is 16.3. The fourth-order valence-corrected chi connectivity index (χ4v) is 2.75. The smallest absolute Gasteiger partial charge is 0.335 e. The lowest BCUT2D eigenvalue weighted by Crippen LogP contribution is -2.39. The number of aromatic carboxylic acids is 1. The Morgan fingerprint density at radius 3 is 2.45 bits per heavy atom. The topological polar surface area (TPSA) is 49.8 Å². The van der Waals surface area contributed by atoms with Gasteiger partial charge in [0, 0.05) is 6.04 Å². The minimum atomic E-state index is -0.908. The molecule has 0 amide bonds. The van der Waals surface area contributed by atoms with E-state index in [1.165, 1.54) is 32.1 Å². The molecular formula is C16H23NO3. The second-order valence-corrected chi connectivity index (χ2v) is 5.30. The predicted molar refractivity (Wildman–Crippen MR) is 78.1 cm³/mol. The van der Waals surface area contributed by atoms with Crippen molar-refractivity contribution in [2.24, 2.45) is 0 Å². The molecule has 2 rings (SSSR count). The number of hydrogen-bond acceptors (Lipinski definition) is 3. The van der Waals surface area contributed by atoms with Crippen molar-refractivity contribution in [1.82, 2.24) is 4.90 Å². The molecule has 1 N–H and O–H groups in total. The van der Waals surface area contributed by atoms with Gasteiger partial charge < -0.3 is 9.84 Å². The van der Waals surface area contributed by atoms with Crippen LogP contribution in [0, 0.1) is 0 Å². The second kappa shape index (κ2) is 7.29. The molecule has 1 aliphatic carbocycles. The average molecular weight is 277 g/mol. The van der Waals surface area contributed by atoms with Gasteiger partial charge >= 0.3 is 5.97 Å². The first-order chi connectivity index (χ1) is 9.70. The maximum atomic E-state index is 10.8. The van der Waals surface area contributed by atoms with Crippen molar-refractivity contribution in [1.29, 1.82) is 0 Å². The molecule has 0 spiro atoms. The largest absolute Gasteiger partial charge is 0.478 e. The predicted octanol–water partition coefficient (Wildman–Crippen LogP) is 3.38. The van der Waals surface area contributed by atoms with Gasteiger partial charge in [-0.2, -0.15) is 0 Å². The molecule has 0 aliphatic heterocycles. The summed E-state index contributed by atoms with van der Waals surface area (Å²) >= 11 is 0. The number of ether oxygens (including phenoxy) is 1. The van der Waals surface area contributed by atoms with Crippen molar-refractivity contribution < 1.29 is 14.6 Å². The average Bonchev–Trinajstić information content (AvgIpc) is 2.49. The van der Waals surface area contributed by atoms with Crippen LogP contribution in [-0.2, 0) is 0 Å². The highest BCUT2D eigenvalue weighted by molar-refractivity contribution is 5.87. The molecule has 0 atom stereocenters. The van der Waals surface area contributed by atoms with Crippen LogP contribution < -0.4 is 4.74 Å². The Bertz CT molecular complexity index is 424. The summed E-state index contributed by atoms with van der Waals surface area (Å²) in [4.78, 5) is 13.1. The zero-order valence-corrected chi connectivity index (χ0v) is 12.0. The third-order valence-electron chi connectivity index (χ3n) is 4.00. The van der Waals surface area contributed by atoms with Gasteiger partial charge in [0.2, 0.25) is 0 Å². The lowest BCUT2D eigenvalue weighted by atomic mass is 9.94. The summed E-state index contributed by atoms with van der Waals surface area (Å²) < 4.78 is 5.78. The number of rotatable bonds is 6. The van der Waals surface area contributed by atoms with Gasteiger partial charge in [0.1, 0.15) is 12.5 Å². The van der Waals surface area contributed by atoms with Crippen LogP contribution in [0.5, 0.6) is 5.75 Å². The zero-order valence-electron chi connectivity index (χ0n) is 12.0. The van der Waals surface area contributed by atoms with Gasteiger partial charge in [-0.15, -0.1) is 0 Å². The molecule has 1 aromatic rings. The molecule has 1 saturated carbocycles. The van der Waals surface area contributed by atoms with E-state index in [-0.39, 0.29) is 5.56 Å². The van der Waals surface area contributed by atoms with Crippen molar-refractivity contribution in [3.05, 3.63) is 29.8 Å². The van der Waals surface area contributed by atoms with E-state index in [0.717, 1.165) is 12.3 Å². The first-order valence-electron chi connectivity index (χ1n) is 7.41. The SMILES string of the molecule is CCN(COc1ccc(C(=O)O)cc1)C1CCCCC1. The molecule has 4 nitrogen and oxygen atoms in total. The van der Waals surface area contributed by atoms with E-state index in [1.54, 1.807) is 24.3 Å². The number of benzene rings is 1. The molecule has 0 unspecified atom stereocenters. The molecule has 1 aromatic carbocycles. The highest BCUT2D eigenvalue weighted by Crippen LogP contribution is 2.22. The lowest BCUT2D eigenvalue weighted by Gasteiger charge is -2.33. The summed E-state index contributed by atoms with van der Waals surface area (Å²) in [6.07, 6.45) is 6.50. The number of carboxylic acids is 1. The third kappa shape index (κ3) is 3.97. The van der Waals surface area contributed by atoms with Gasteiger partial charge in [-0.05, 0) is 43.7 Å². The molecule has 1 fully saturated rings. The van der Waals surface area contributed by atoms with Crippen molar-refractivity contribution in [3.63, 3.8) is 0 Å². The van der Waals surface area contributed by atoms with Crippen molar-refractivity contribution in [3.8, 4) is 5.75 Å². The Morgan fingerprint density at radius 1 is 1.25 bits per heavy atom.